The number of carbonyl (C=O) groups excluding carboxylic acids is 1. The Morgan fingerprint density at radius 3 is 2.63 bits per heavy atom. The zero-order valence-electron chi connectivity index (χ0n) is 16.7. The second kappa shape index (κ2) is 8.30. The highest BCUT2D eigenvalue weighted by Crippen LogP contribution is 2.38. The van der Waals surface area contributed by atoms with Crippen molar-refractivity contribution < 1.29 is 19.0 Å². The van der Waals surface area contributed by atoms with Crippen LogP contribution in [0.25, 0.3) is 21.8 Å². The van der Waals surface area contributed by atoms with Gasteiger partial charge >= 0.3 is 5.97 Å². The summed E-state index contributed by atoms with van der Waals surface area (Å²) in [6, 6.07) is 9.05. The molecule has 0 spiro atoms. The summed E-state index contributed by atoms with van der Waals surface area (Å²) in [4.78, 5) is 24.5. The van der Waals surface area contributed by atoms with Crippen molar-refractivity contribution in [2.45, 2.75) is 26.6 Å². The fraction of sp³-hybridized carbons (Fsp3) is 0.227. The van der Waals surface area contributed by atoms with Crippen LogP contribution >= 0.6 is 11.6 Å². The minimum atomic E-state index is -0.494. The molecule has 1 N–H and O–H groups in total. The second-order valence-corrected chi connectivity index (χ2v) is 7.42. The SMILES string of the molecule is COCc1c(C(=O)OC(C)C)ncc2[nH]c3cccc(Oc4ccc(Cl)cn4)c3c12. The topological polar surface area (TPSA) is 86.3 Å². The third-order valence-corrected chi connectivity index (χ3v) is 4.69. The van der Waals surface area contributed by atoms with E-state index in [9.17, 15) is 4.79 Å². The van der Waals surface area contributed by atoms with Gasteiger partial charge in [-0.05, 0) is 32.0 Å². The van der Waals surface area contributed by atoms with Gasteiger partial charge in [0.25, 0.3) is 0 Å². The molecular formula is C22H20ClN3O4. The molecule has 4 aromatic rings. The standard InChI is InChI=1S/C22H20ClN3O4/c1-12(2)29-22(27)21-14(11-28-3)19-16(10-25-21)26-15-5-4-6-17(20(15)19)30-18-8-7-13(23)9-24-18/h4-10,12,26H,11H2,1-3H3. The number of fused-ring (bicyclic) bond motifs is 3. The van der Waals surface area contributed by atoms with Gasteiger partial charge in [0.2, 0.25) is 5.88 Å². The highest BCUT2D eigenvalue weighted by atomic mass is 35.5. The number of nitrogens with zero attached hydrogens (tertiary/aromatic N) is 2. The number of carbonyl (C=O) groups is 1. The molecule has 3 heterocycles. The molecule has 0 fully saturated rings. The summed E-state index contributed by atoms with van der Waals surface area (Å²) in [6.45, 7) is 3.78. The van der Waals surface area contributed by atoms with E-state index in [1.165, 1.54) is 6.20 Å². The summed E-state index contributed by atoms with van der Waals surface area (Å²) in [5.41, 5.74) is 2.45. The Hall–Kier alpha value is -3.16. The lowest BCUT2D eigenvalue weighted by Crippen LogP contribution is -2.15. The number of nitrogens with one attached hydrogen (secondary N) is 1. The predicted octanol–water partition coefficient (Wildman–Crippen LogP) is 5.27. The Labute approximate surface area is 177 Å². The maximum absolute atomic E-state index is 12.7. The second-order valence-electron chi connectivity index (χ2n) is 6.98. The molecule has 0 saturated heterocycles. The van der Waals surface area contributed by atoms with Crippen LogP contribution in [0.3, 0.4) is 0 Å². The van der Waals surface area contributed by atoms with E-state index < -0.39 is 5.97 Å². The average molecular weight is 426 g/mol. The molecular weight excluding hydrogens is 406 g/mol. The van der Waals surface area contributed by atoms with Gasteiger partial charge < -0.3 is 19.2 Å². The Kier molecular flexibility index (Phi) is 5.57. The molecule has 0 aliphatic carbocycles. The first-order valence-corrected chi connectivity index (χ1v) is 9.77. The van der Waals surface area contributed by atoms with E-state index >= 15 is 0 Å². The lowest BCUT2D eigenvalue weighted by Gasteiger charge is -2.12. The van der Waals surface area contributed by atoms with E-state index in [2.05, 4.69) is 15.0 Å². The average Bonchev–Trinajstić information content (AvgIpc) is 3.09. The van der Waals surface area contributed by atoms with E-state index in [4.69, 9.17) is 25.8 Å². The van der Waals surface area contributed by atoms with Crippen LogP contribution in [0.2, 0.25) is 5.02 Å². The molecule has 0 radical (unpaired) electrons. The van der Waals surface area contributed by atoms with Crippen LogP contribution in [-0.4, -0.2) is 34.1 Å². The fourth-order valence-electron chi connectivity index (χ4n) is 3.32. The molecule has 0 aliphatic rings. The van der Waals surface area contributed by atoms with Crippen molar-refractivity contribution in [2.24, 2.45) is 0 Å². The Bertz CT molecular complexity index is 1220. The molecule has 7 nitrogen and oxygen atoms in total. The minimum Gasteiger partial charge on any atom is -0.458 e. The summed E-state index contributed by atoms with van der Waals surface area (Å²) in [7, 11) is 1.57. The summed E-state index contributed by atoms with van der Waals surface area (Å²) in [5, 5.41) is 2.12. The first-order chi connectivity index (χ1) is 14.5. The van der Waals surface area contributed by atoms with Crippen LogP contribution < -0.4 is 4.74 Å². The molecule has 0 atom stereocenters. The van der Waals surface area contributed by atoms with Crippen LogP contribution in [0, 0.1) is 0 Å². The first-order valence-electron chi connectivity index (χ1n) is 9.39. The maximum Gasteiger partial charge on any atom is 0.357 e. The Morgan fingerprint density at radius 2 is 1.93 bits per heavy atom. The number of halogens is 1. The van der Waals surface area contributed by atoms with Gasteiger partial charge in [-0.2, -0.15) is 0 Å². The van der Waals surface area contributed by atoms with Gasteiger partial charge in [0.15, 0.2) is 5.69 Å². The van der Waals surface area contributed by atoms with Crippen molar-refractivity contribution in [1.82, 2.24) is 15.0 Å². The van der Waals surface area contributed by atoms with Gasteiger partial charge in [0.1, 0.15) is 5.75 Å². The predicted molar refractivity (Wildman–Crippen MR) is 114 cm³/mol. The summed E-state index contributed by atoms with van der Waals surface area (Å²) in [6.07, 6.45) is 2.88. The van der Waals surface area contributed by atoms with E-state index in [-0.39, 0.29) is 18.4 Å². The number of H-pyrrole nitrogens is 1. The van der Waals surface area contributed by atoms with Crippen molar-refractivity contribution in [2.75, 3.05) is 7.11 Å². The Balaban J connectivity index is 1.93. The molecule has 0 saturated carbocycles. The molecule has 154 valence electrons. The molecule has 0 amide bonds. The minimum absolute atomic E-state index is 0.188. The van der Waals surface area contributed by atoms with Gasteiger partial charge in [-0.25, -0.2) is 14.8 Å². The van der Waals surface area contributed by atoms with E-state index in [1.54, 1.807) is 39.3 Å². The smallest absolute Gasteiger partial charge is 0.357 e. The number of aromatic nitrogens is 3. The van der Waals surface area contributed by atoms with Gasteiger partial charge in [-0.3, -0.25) is 0 Å². The number of rotatable bonds is 6. The zero-order valence-corrected chi connectivity index (χ0v) is 17.5. The Morgan fingerprint density at radius 1 is 1.10 bits per heavy atom. The molecule has 30 heavy (non-hydrogen) atoms. The maximum atomic E-state index is 12.7. The molecule has 1 aromatic carbocycles. The summed E-state index contributed by atoms with van der Waals surface area (Å²) < 4.78 is 16.8. The highest BCUT2D eigenvalue weighted by Gasteiger charge is 2.22. The van der Waals surface area contributed by atoms with Crippen LogP contribution in [0.4, 0.5) is 0 Å². The molecule has 4 rings (SSSR count). The number of ether oxygens (including phenoxy) is 3. The summed E-state index contributed by atoms with van der Waals surface area (Å²) in [5.74, 6) is 0.495. The summed E-state index contributed by atoms with van der Waals surface area (Å²) >= 11 is 5.92. The zero-order chi connectivity index (χ0) is 21.3. The fourth-order valence-corrected chi connectivity index (χ4v) is 3.43. The third kappa shape index (κ3) is 3.81. The molecule has 0 unspecified atom stereocenters. The van der Waals surface area contributed by atoms with Crippen molar-refractivity contribution in [1.29, 1.82) is 0 Å². The third-order valence-electron chi connectivity index (χ3n) is 4.46. The van der Waals surface area contributed by atoms with E-state index in [0.29, 0.717) is 22.2 Å². The molecule has 3 aromatic heterocycles. The lowest BCUT2D eigenvalue weighted by molar-refractivity contribution is 0.0366. The van der Waals surface area contributed by atoms with E-state index in [1.807, 2.05) is 18.2 Å². The van der Waals surface area contributed by atoms with Gasteiger partial charge in [0.05, 0.1) is 40.3 Å². The lowest BCUT2D eigenvalue weighted by atomic mass is 10.0. The van der Waals surface area contributed by atoms with Crippen LogP contribution in [0.15, 0.2) is 42.7 Å². The monoisotopic (exact) mass is 425 g/mol. The number of pyridine rings is 2. The van der Waals surface area contributed by atoms with Crippen molar-refractivity contribution in [3.8, 4) is 11.6 Å². The largest absolute Gasteiger partial charge is 0.458 e. The number of esters is 1. The van der Waals surface area contributed by atoms with Crippen molar-refractivity contribution in [3.05, 3.63) is 59.0 Å². The van der Waals surface area contributed by atoms with Gasteiger partial charge in [-0.1, -0.05) is 17.7 Å². The number of aromatic amines is 1. The number of hydrogen-bond acceptors (Lipinski definition) is 6. The number of methoxy groups -OCH3 is 1. The van der Waals surface area contributed by atoms with Crippen LogP contribution in [-0.2, 0) is 16.1 Å². The number of hydrogen-bond donors (Lipinski definition) is 1. The van der Waals surface area contributed by atoms with E-state index in [0.717, 1.165) is 21.8 Å². The molecule has 0 aliphatic heterocycles. The molecule has 0 bridgehead atoms. The van der Waals surface area contributed by atoms with Gasteiger partial charge in [-0.15, -0.1) is 0 Å². The highest BCUT2D eigenvalue weighted by molar-refractivity contribution is 6.30. The van der Waals surface area contributed by atoms with Crippen LogP contribution in [0.1, 0.15) is 29.9 Å². The molecule has 8 heteroatoms. The van der Waals surface area contributed by atoms with Crippen molar-refractivity contribution >= 4 is 39.4 Å². The quantitative estimate of drug-likeness (QED) is 0.423. The van der Waals surface area contributed by atoms with Gasteiger partial charge in [0, 0.05) is 30.3 Å². The number of benzene rings is 1. The van der Waals surface area contributed by atoms with Crippen molar-refractivity contribution in [3.63, 3.8) is 0 Å². The first kappa shape index (κ1) is 20.1. The van der Waals surface area contributed by atoms with Crippen LogP contribution in [0.5, 0.6) is 11.6 Å². The normalized spacial score (nSPS) is 11.4.